The molecule has 142 valence electrons. The molecular weight excluding hydrogens is 418 g/mol. The van der Waals surface area contributed by atoms with E-state index in [2.05, 4.69) is 31.8 Å². The number of rotatable bonds is 7. The number of phenolic OH excluding ortho intramolecular Hbond substituents is 1. The summed E-state index contributed by atoms with van der Waals surface area (Å²) in [6.07, 6.45) is 0.846. The van der Waals surface area contributed by atoms with Crippen LogP contribution in [0.15, 0.2) is 46.0 Å². The van der Waals surface area contributed by atoms with Gasteiger partial charge in [-0.2, -0.15) is 5.10 Å². The Kier molecular flexibility index (Phi) is 7.18. The predicted octanol–water partition coefficient (Wildman–Crippen LogP) is 2.65. The van der Waals surface area contributed by atoms with Gasteiger partial charge in [0.1, 0.15) is 12.2 Å². The predicted molar refractivity (Wildman–Crippen MR) is 104 cm³/mol. The number of hydrazone groups is 1. The van der Waals surface area contributed by atoms with E-state index in [0.29, 0.717) is 21.5 Å². The highest BCUT2D eigenvalue weighted by Gasteiger charge is 2.10. The summed E-state index contributed by atoms with van der Waals surface area (Å²) in [5.41, 5.74) is 3.11. The molecule has 2 aromatic rings. The van der Waals surface area contributed by atoms with Crippen molar-refractivity contribution in [1.29, 1.82) is 0 Å². The maximum absolute atomic E-state index is 11.9. The molecule has 0 spiro atoms. The summed E-state index contributed by atoms with van der Waals surface area (Å²) in [6.45, 7) is 0. The first kappa shape index (κ1) is 20.2. The van der Waals surface area contributed by atoms with Gasteiger partial charge in [-0.25, -0.2) is 5.43 Å². The van der Waals surface area contributed by atoms with Crippen molar-refractivity contribution in [2.24, 2.45) is 5.10 Å². The van der Waals surface area contributed by atoms with E-state index in [1.54, 1.807) is 43.5 Å². The average molecular weight is 436 g/mol. The summed E-state index contributed by atoms with van der Waals surface area (Å²) >= 11 is 3.28. The first-order valence-electron chi connectivity index (χ1n) is 7.75. The molecule has 0 aliphatic carbocycles. The number of hydrogen-bond donors (Lipinski definition) is 3. The summed E-state index contributed by atoms with van der Waals surface area (Å²) in [4.78, 5) is 23.7. The number of methoxy groups -OCH3 is 2. The Morgan fingerprint density at radius 1 is 1.15 bits per heavy atom. The number of halogens is 1. The molecule has 0 atom stereocenters. The molecule has 0 fully saturated rings. The van der Waals surface area contributed by atoms with E-state index in [1.807, 2.05) is 0 Å². The molecule has 0 saturated carbocycles. The van der Waals surface area contributed by atoms with Gasteiger partial charge in [0.05, 0.1) is 20.4 Å². The van der Waals surface area contributed by atoms with E-state index in [1.165, 1.54) is 13.3 Å². The Morgan fingerprint density at radius 3 is 2.48 bits per heavy atom. The van der Waals surface area contributed by atoms with Crippen LogP contribution in [0.5, 0.6) is 17.2 Å². The Bertz CT molecular complexity index is 853. The second-order valence-corrected chi connectivity index (χ2v) is 6.21. The zero-order valence-electron chi connectivity index (χ0n) is 14.7. The Labute approximate surface area is 164 Å². The van der Waals surface area contributed by atoms with Crippen molar-refractivity contribution >= 4 is 39.6 Å². The highest BCUT2D eigenvalue weighted by atomic mass is 79.9. The van der Waals surface area contributed by atoms with Crippen LogP contribution in [0, 0.1) is 0 Å². The molecule has 8 nitrogen and oxygen atoms in total. The molecule has 0 aromatic heterocycles. The lowest BCUT2D eigenvalue weighted by Crippen LogP contribution is -2.24. The van der Waals surface area contributed by atoms with Crippen LogP contribution in [-0.2, 0) is 9.59 Å². The molecule has 2 rings (SSSR count). The van der Waals surface area contributed by atoms with Gasteiger partial charge in [-0.3, -0.25) is 9.59 Å². The molecule has 0 aliphatic heterocycles. The summed E-state index contributed by atoms with van der Waals surface area (Å²) in [5, 5.41) is 16.3. The Morgan fingerprint density at radius 2 is 1.85 bits per heavy atom. The molecule has 3 N–H and O–H groups in total. The maximum Gasteiger partial charge on any atom is 0.249 e. The number of benzene rings is 2. The van der Waals surface area contributed by atoms with Gasteiger partial charge in [-0.15, -0.1) is 0 Å². The summed E-state index contributed by atoms with van der Waals surface area (Å²) < 4.78 is 10.7. The number of anilines is 1. The molecule has 9 heteroatoms. The van der Waals surface area contributed by atoms with Gasteiger partial charge < -0.3 is 19.9 Å². The standard InChI is InChI=1S/C18H18BrN3O5/c1-26-14-5-3-13(4-6-14)21-16(23)9-17(24)22-20-10-11-7-12(19)8-15(27-2)18(11)25/h3-8,10,25H,9H2,1-2H3,(H,21,23)(H,22,24). The number of carbonyl (C=O) groups excluding carboxylic acids is 2. The van der Waals surface area contributed by atoms with Crippen molar-refractivity contribution < 1.29 is 24.2 Å². The number of amides is 2. The first-order valence-corrected chi connectivity index (χ1v) is 8.54. The van der Waals surface area contributed by atoms with Crippen LogP contribution in [0.3, 0.4) is 0 Å². The molecule has 0 saturated heterocycles. The number of hydrogen-bond acceptors (Lipinski definition) is 6. The molecular formula is C18H18BrN3O5. The molecule has 27 heavy (non-hydrogen) atoms. The number of nitrogens with zero attached hydrogens (tertiary/aromatic N) is 1. The maximum atomic E-state index is 11.9. The van der Waals surface area contributed by atoms with E-state index in [0.717, 1.165) is 0 Å². The van der Waals surface area contributed by atoms with E-state index in [-0.39, 0.29) is 11.5 Å². The van der Waals surface area contributed by atoms with E-state index < -0.39 is 18.2 Å². The lowest BCUT2D eigenvalue weighted by molar-refractivity contribution is -0.126. The average Bonchev–Trinajstić information content (AvgIpc) is 2.64. The third-order valence-electron chi connectivity index (χ3n) is 3.38. The zero-order valence-corrected chi connectivity index (χ0v) is 16.2. The molecule has 2 aromatic carbocycles. The van der Waals surface area contributed by atoms with Crippen molar-refractivity contribution in [3.63, 3.8) is 0 Å². The largest absolute Gasteiger partial charge is 0.504 e. The van der Waals surface area contributed by atoms with Gasteiger partial charge in [0, 0.05) is 15.7 Å². The monoisotopic (exact) mass is 435 g/mol. The van der Waals surface area contributed by atoms with Crippen molar-refractivity contribution in [1.82, 2.24) is 5.43 Å². The van der Waals surface area contributed by atoms with E-state index in [4.69, 9.17) is 9.47 Å². The first-order chi connectivity index (χ1) is 12.9. The minimum Gasteiger partial charge on any atom is -0.504 e. The number of carbonyl (C=O) groups is 2. The SMILES string of the molecule is COc1ccc(NC(=O)CC(=O)NN=Cc2cc(Br)cc(OC)c2O)cc1. The lowest BCUT2D eigenvalue weighted by Gasteiger charge is -2.07. The lowest BCUT2D eigenvalue weighted by atomic mass is 10.2. The van der Waals surface area contributed by atoms with Gasteiger partial charge in [0.2, 0.25) is 11.8 Å². The number of aromatic hydroxyl groups is 1. The van der Waals surface area contributed by atoms with Crippen molar-refractivity contribution in [3.8, 4) is 17.2 Å². The van der Waals surface area contributed by atoms with Crippen LogP contribution >= 0.6 is 15.9 Å². The van der Waals surface area contributed by atoms with Gasteiger partial charge >= 0.3 is 0 Å². The van der Waals surface area contributed by atoms with Crippen LogP contribution in [0.25, 0.3) is 0 Å². The molecule has 0 heterocycles. The number of ether oxygens (including phenoxy) is 2. The quantitative estimate of drug-likeness (QED) is 0.351. The van der Waals surface area contributed by atoms with Crippen molar-refractivity contribution in [2.45, 2.75) is 6.42 Å². The van der Waals surface area contributed by atoms with Gasteiger partial charge in [-0.05, 0) is 36.4 Å². The normalized spacial score (nSPS) is 10.5. The Hall–Kier alpha value is -3.07. The molecule has 0 aliphatic rings. The second-order valence-electron chi connectivity index (χ2n) is 5.29. The van der Waals surface area contributed by atoms with Crippen LogP contribution < -0.4 is 20.2 Å². The van der Waals surface area contributed by atoms with Crippen LogP contribution in [-0.4, -0.2) is 37.4 Å². The second kappa shape index (κ2) is 9.58. The fourth-order valence-electron chi connectivity index (χ4n) is 2.09. The minimum atomic E-state index is -0.598. The summed E-state index contributed by atoms with van der Waals surface area (Å²) in [6, 6.07) is 9.91. The fraction of sp³-hybridized carbons (Fsp3) is 0.167. The van der Waals surface area contributed by atoms with E-state index in [9.17, 15) is 14.7 Å². The van der Waals surface area contributed by atoms with Crippen LogP contribution in [0.2, 0.25) is 0 Å². The van der Waals surface area contributed by atoms with Crippen molar-refractivity contribution in [2.75, 3.05) is 19.5 Å². The smallest absolute Gasteiger partial charge is 0.249 e. The topological polar surface area (TPSA) is 109 Å². The van der Waals surface area contributed by atoms with E-state index >= 15 is 0 Å². The van der Waals surface area contributed by atoms with Gasteiger partial charge in [0.15, 0.2) is 11.5 Å². The molecule has 2 amide bonds. The van der Waals surface area contributed by atoms with Crippen LogP contribution in [0.1, 0.15) is 12.0 Å². The van der Waals surface area contributed by atoms with Gasteiger partial charge in [-0.1, -0.05) is 15.9 Å². The third-order valence-corrected chi connectivity index (χ3v) is 3.83. The third kappa shape index (κ3) is 6.00. The molecule has 0 unspecified atom stereocenters. The number of nitrogens with one attached hydrogen (secondary N) is 2. The highest BCUT2D eigenvalue weighted by Crippen LogP contribution is 2.32. The van der Waals surface area contributed by atoms with Gasteiger partial charge in [0.25, 0.3) is 0 Å². The number of phenols is 1. The summed E-state index contributed by atoms with van der Waals surface area (Å²) in [7, 11) is 2.97. The van der Waals surface area contributed by atoms with Crippen molar-refractivity contribution in [3.05, 3.63) is 46.4 Å². The van der Waals surface area contributed by atoms with Crippen LogP contribution in [0.4, 0.5) is 5.69 Å². The molecule has 0 bridgehead atoms. The highest BCUT2D eigenvalue weighted by molar-refractivity contribution is 9.10. The zero-order chi connectivity index (χ0) is 19.8. The summed E-state index contributed by atoms with van der Waals surface area (Å²) in [5.74, 6) is -0.280. The fourth-order valence-corrected chi connectivity index (χ4v) is 2.54. The minimum absolute atomic E-state index is 0.115. The molecule has 0 radical (unpaired) electrons. The Balaban J connectivity index is 1.89.